The van der Waals surface area contributed by atoms with Crippen molar-refractivity contribution >= 4 is 23.2 Å². The normalized spacial score (nSPS) is 14.6. The molecule has 0 heterocycles. The minimum Gasteiger partial charge on any atom is -0.481 e. The number of halogens is 1. The zero-order chi connectivity index (χ0) is 17.1. The van der Waals surface area contributed by atoms with Crippen LogP contribution in [0, 0.1) is 6.92 Å². The fourth-order valence-corrected chi connectivity index (χ4v) is 3.33. The average Bonchev–Trinajstić information content (AvgIpc) is 2.57. The summed E-state index contributed by atoms with van der Waals surface area (Å²) in [6, 6.07) is 11.5. The fourth-order valence-electron chi connectivity index (χ4n) is 3.10. The highest BCUT2D eigenvalue weighted by Crippen LogP contribution is 2.30. The third kappa shape index (κ3) is 3.73. The minimum atomic E-state index is -0.562. The molecule has 1 atom stereocenters. The summed E-state index contributed by atoms with van der Waals surface area (Å²) >= 11 is 5.95. The van der Waals surface area contributed by atoms with E-state index in [0.29, 0.717) is 5.02 Å². The highest BCUT2D eigenvalue weighted by molar-refractivity contribution is 6.30. The van der Waals surface area contributed by atoms with Crippen LogP contribution in [0.2, 0.25) is 5.02 Å². The van der Waals surface area contributed by atoms with Crippen molar-refractivity contribution in [2.75, 3.05) is 5.32 Å². The molecule has 1 unspecified atom stereocenters. The van der Waals surface area contributed by atoms with Crippen molar-refractivity contribution in [3.63, 3.8) is 0 Å². The number of anilines is 1. The Morgan fingerprint density at radius 3 is 2.79 bits per heavy atom. The molecule has 2 aromatic carbocycles. The third-order valence-electron chi connectivity index (χ3n) is 4.47. The summed E-state index contributed by atoms with van der Waals surface area (Å²) in [7, 11) is 0. The largest absolute Gasteiger partial charge is 0.481 e. The van der Waals surface area contributed by atoms with E-state index in [-0.39, 0.29) is 5.91 Å². The number of hydrogen-bond donors (Lipinski definition) is 1. The van der Waals surface area contributed by atoms with Crippen molar-refractivity contribution < 1.29 is 9.53 Å². The second kappa shape index (κ2) is 7.27. The number of benzene rings is 2. The molecule has 0 spiro atoms. The van der Waals surface area contributed by atoms with Crippen molar-refractivity contribution in [3.8, 4) is 5.75 Å². The number of ether oxygens (including phenoxy) is 1. The summed E-state index contributed by atoms with van der Waals surface area (Å²) in [6.45, 7) is 3.70. The topological polar surface area (TPSA) is 38.3 Å². The molecule has 0 aliphatic heterocycles. The molecule has 3 nitrogen and oxygen atoms in total. The Balaban J connectivity index is 1.71. The van der Waals surface area contributed by atoms with E-state index in [4.69, 9.17) is 16.3 Å². The van der Waals surface area contributed by atoms with Crippen molar-refractivity contribution in [2.24, 2.45) is 0 Å². The van der Waals surface area contributed by atoms with Gasteiger partial charge < -0.3 is 10.1 Å². The highest BCUT2D eigenvalue weighted by Gasteiger charge is 2.19. The number of rotatable bonds is 4. The highest BCUT2D eigenvalue weighted by atomic mass is 35.5. The van der Waals surface area contributed by atoms with Gasteiger partial charge in [0.05, 0.1) is 0 Å². The molecule has 126 valence electrons. The number of amides is 1. The first-order chi connectivity index (χ1) is 11.5. The van der Waals surface area contributed by atoms with Gasteiger partial charge in [0, 0.05) is 10.7 Å². The molecule has 3 rings (SSSR count). The van der Waals surface area contributed by atoms with Crippen LogP contribution in [0.3, 0.4) is 0 Å². The number of nitrogens with one attached hydrogen (secondary N) is 1. The van der Waals surface area contributed by atoms with Gasteiger partial charge in [-0.15, -0.1) is 0 Å². The third-order valence-corrected chi connectivity index (χ3v) is 4.71. The zero-order valence-corrected chi connectivity index (χ0v) is 14.8. The summed E-state index contributed by atoms with van der Waals surface area (Å²) in [4.78, 5) is 12.5. The van der Waals surface area contributed by atoms with Gasteiger partial charge in [0.2, 0.25) is 0 Å². The molecule has 0 fully saturated rings. The van der Waals surface area contributed by atoms with Crippen LogP contribution in [-0.4, -0.2) is 12.0 Å². The second-order valence-corrected chi connectivity index (χ2v) is 6.75. The molecule has 1 amide bonds. The van der Waals surface area contributed by atoms with Gasteiger partial charge in [-0.3, -0.25) is 4.79 Å². The minimum absolute atomic E-state index is 0.158. The molecule has 1 aliphatic carbocycles. The Bertz CT molecular complexity index is 757. The van der Waals surface area contributed by atoms with Gasteiger partial charge in [-0.05, 0) is 80.5 Å². The maximum absolute atomic E-state index is 12.5. The molecular formula is C20H22ClNO2. The van der Waals surface area contributed by atoms with Crippen molar-refractivity contribution in [2.45, 2.75) is 45.6 Å². The first-order valence-electron chi connectivity index (χ1n) is 8.39. The summed E-state index contributed by atoms with van der Waals surface area (Å²) in [5.74, 6) is 0.677. The first kappa shape index (κ1) is 16.8. The van der Waals surface area contributed by atoms with Crippen LogP contribution in [0.25, 0.3) is 0 Å². The molecule has 0 aromatic heterocycles. The van der Waals surface area contributed by atoms with Crippen LogP contribution in [0.15, 0.2) is 36.4 Å². The number of aryl methyl sites for hydroxylation is 2. The van der Waals surface area contributed by atoms with E-state index < -0.39 is 6.10 Å². The Morgan fingerprint density at radius 1 is 1.21 bits per heavy atom. The van der Waals surface area contributed by atoms with E-state index in [9.17, 15) is 4.79 Å². The summed E-state index contributed by atoms with van der Waals surface area (Å²) in [6.07, 6.45) is 3.96. The molecular weight excluding hydrogens is 322 g/mol. The van der Waals surface area contributed by atoms with E-state index in [2.05, 4.69) is 11.4 Å². The van der Waals surface area contributed by atoms with E-state index in [1.807, 2.05) is 31.2 Å². The van der Waals surface area contributed by atoms with Gasteiger partial charge in [0.15, 0.2) is 6.10 Å². The Kier molecular flexibility index (Phi) is 5.10. The van der Waals surface area contributed by atoms with Crippen molar-refractivity contribution in [1.82, 2.24) is 0 Å². The molecule has 4 heteroatoms. The van der Waals surface area contributed by atoms with Gasteiger partial charge in [0.1, 0.15) is 5.75 Å². The van der Waals surface area contributed by atoms with Gasteiger partial charge in [-0.2, -0.15) is 0 Å². The molecule has 1 aliphatic rings. The molecule has 0 radical (unpaired) electrons. The molecule has 0 bridgehead atoms. The van der Waals surface area contributed by atoms with Crippen LogP contribution >= 0.6 is 11.6 Å². The summed E-state index contributed by atoms with van der Waals surface area (Å²) in [5.41, 5.74) is 4.29. The standard InChI is InChI=1S/C20H22ClNO2/c1-13-12-16(21)10-11-18(13)22-20(23)14(2)24-19-9-5-7-15-6-3-4-8-17(15)19/h5,7,9-12,14H,3-4,6,8H2,1-2H3,(H,22,23). The van der Waals surface area contributed by atoms with Gasteiger partial charge >= 0.3 is 0 Å². The number of carbonyl (C=O) groups excluding carboxylic acids is 1. The summed E-state index contributed by atoms with van der Waals surface area (Å²) < 4.78 is 5.97. The van der Waals surface area contributed by atoms with Gasteiger partial charge in [-0.25, -0.2) is 0 Å². The Labute approximate surface area is 148 Å². The van der Waals surface area contributed by atoms with Crippen LogP contribution in [0.5, 0.6) is 5.75 Å². The van der Waals surface area contributed by atoms with Crippen LogP contribution in [-0.2, 0) is 17.6 Å². The first-order valence-corrected chi connectivity index (χ1v) is 8.77. The maximum atomic E-state index is 12.5. The lowest BCUT2D eigenvalue weighted by Crippen LogP contribution is -2.30. The quantitative estimate of drug-likeness (QED) is 0.854. The average molecular weight is 344 g/mol. The number of carbonyl (C=O) groups is 1. The van der Waals surface area contributed by atoms with E-state index in [1.54, 1.807) is 13.0 Å². The molecule has 0 saturated heterocycles. The summed E-state index contributed by atoms with van der Waals surface area (Å²) in [5, 5.41) is 3.57. The van der Waals surface area contributed by atoms with Crippen LogP contribution in [0.4, 0.5) is 5.69 Å². The smallest absolute Gasteiger partial charge is 0.265 e. The molecule has 1 N–H and O–H groups in total. The Morgan fingerprint density at radius 2 is 2.00 bits per heavy atom. The predicted octanol–water partition coefficient (Wildman–Crippen LogP) is 4.93. The van der Waals surface area contributed by atoms with E-state index in [1.165, 1.54) is 24.0 Å². The predicted molar refractivity (Wildman–Crippen MR) is 98.0 cm³/mol. The zero-order valence-electron chi connectivity index (χ0n) is 14.1. The van der Waals surface area contributed by atoms with E-state index >= 15 is 0 Å². The van der Waals surface area contributed by atoms with Gasteiger partial charge in [-0.1, -0.05) is 23.7 Å². The van der Waals surface area contributed by atoms with Crippen LogP contribution in [0.1, 0.15) is 36.5 Å². The lowest BCUT2D eigenvalue weighted by atomic mass is 9.91. The second-order valence-electron chi connectivity index (χ2n) is 6.31. The SMILES string of the molecule is Cc1cc(Cl)ccc1NC(=O)C(C)Oc1cccc2c1CCCC2. The monoisotopic (exact) mass is 343 g/mol. The lowest BCUT2D eigenvalue weighted by Gasteiger charge is -2.22. The van der Waals surface area contributed by atoms with E-state index in [0.717, 1.165) is 29.8 Å². The number of fused-ring (bicyclic) bond motifs is 1. The van der Waals surface area contributed by atoms with Crippen LogP contribution < -0.4 is 10.1 Å². The van der Waals surface area contributed by atoms with Gasteiger partial charge in [0.25, 0.3) is 5.91 Å². The maximum Gasteiger partial charge on any atom is 0.265 e. The fraction of sp³-hybridized carbons (Fsp3) is 0.350. The number of hydrogen-bond acceptors (Lipinski definition) is 2. The molecule has 0 saturated carbocycles. The molecule has 2 aromatic rings. The van der Waals surface area contributed by atoms with Crippen molar-refractivity contribution in [3.05, 3.63) is 58.1 Å². The Hall–Kier alpha value is -2.00. The molecule has 24 heavy (non-hydrogen) atoms. The van der Waals surface area contributed by atoms with Crippen molar-refractivity contribution in [1.29, 1.82) is 0 Å². The lowest BCUT2D eigenvalue weighted by molar-refractivity contribution is -0.122.